The predicted octanol–water partition coefficient (Wildman–Crippen LogP) is 6.50. The molecule has 0 heterocycles. The minimum absolute atomic E-state index is 0.199. The molecule has 0 aliphatic heterocycles. The number of rotatable bonds is 12. The molecular formula is C32H35NO2. The van der Waals surface area contributed by atoms with Crippen molar-refractivity contribution >= 4 is 0 Å². The van der Waals surface area contributed by atoms with Crippen LogP contribution >= 0.6 is 0 Å². The van der Waals surface area contributed by atoms with Gasteiger partial charge in [-0.05, 0) is 53.8 Å². The van der Waals surface area contributed by atoms with Crippen LogP contribution in [0.4, 0.5) is 0 Å². The number of ether oxygens (including phenoxy) is 1. The first kappa shape index (κ1) is 24.7. The van der Waals surface area contributed by atoms with Crippen molar-refractivity contribution in [2.75, 3.05) is 6.54 Å². The molecule has 3 heteroatoms. The number of nitrogens with one attached hydrogen (secondary N) is 1. The van der Waals surface area contributed by atoms with E-state index in [0.717, 1.165) is 47.4 Å². The maximum atomic E-state index is 12.4. The Bertz CT molecular complexity index is 1090. The number of aliphatic hydroxyl groups is 1. The van der Waals surface area contributed by atoms with Gasteiger partial charge in [0.05, 0.1) is 0 Å². The molecule has 0 saturated heterocycles. The Labute approximate surface area is 209 Å². The van der Waals surface area contributed by atoms with Gasteiger partial charge in [0.15, 0.2) is 0 Å². The lowest BCUT2D eigenvalue weighted by Gasteiger charge is -2.38. The molecular weight excluding hydrogens is 430 g/mol. The highest BCUT2D eigenvalue weighted by Crippen LogP contribution is 2.35. The van der Waals surface area contributed by atoms with Crippen LogP contribution in [-0.4, -0.2) is 17.7 Å². The van der Waals surface area contributed by atoms with Crippen LogP contribution in [0.5, 0.6) is 5.75 Å². The van der Waals surface area contributed by atoms with Crippen molar-refractivity contribution in [2.45, 2.75) is 44.4 Å². The molecule has 4 rings (SSSR count). The highest BCUT2D eigenvalue weighted by Gasteiger charge is 2.39. The summed E-state index contributed by atoms with van der Waals surface area (Å²) in [6.07, 6.45) is 2.84. The Morgan fingerprint density at radius 3 is 1.80 bits per heavy atom. The van der Waals surface area contributed by atoms with Crippen LogP contribution in [-0.2, 0) is 18.6 Å². The molecule has 0 aliphatic rings. The van der Waals surface area contributed by atoms with E-state index in [1.54, 1.807) is 0 Å². The quantitative estimate of drug-likeness (QED) is 0.235. The molecule has 0 saturated carbocycles. The number of hydrogen-bond acceptors (Lipinski definition) is 3. The second-order valence-electron chi connectivity index (χ2n) is 8.98. The Kier molecular flexibility index (Phi) is 8.72. The van der Waals surface area contributed by atoms with Gasteiger partial charge in [0.2, 0.25) is 0 Å². The van der Waals surface area contributed by atoms with Crippen molar-refractivity contribution in [1.29, 1.82) is 0 Å². The Morgan fingerprint density at radius 1 is 0.714 bits per heavy atom. The first-order valence-electron chi connectivity index (χ1n) is 12.5. The highest BCUT2D eigenvalue weighted by atomic mass is 16.5. The summed E-state index contributed by atoms with van der Waals surface area (Å²) in [6.45, 7) is 3.58. The second-order valence-corrected chi connectivity index (χ2v) is 8.98. The van der Waals surface area contributed by atoms with Crippen LogP contribution in [0.15, 0.2) is 115 Å². The molecule has 4 aromatic carbocycles. The van der Waals surface area contributed by atoms with E-state index in [0.29, 0.717) is 13.0 Å². The number of unbranched alkanes of at least 4 members (excludes halogenated alkanes) is 1. The largest absolute Gasteiger partial charge is 0.489 e. The Balaban J connectivity index is 1.58. The number of hydrogen-bond donors (Lipinski definition) is 2. The predicted molar refractivity (Wildman–Crippen MR) is 144 cm³/mol. The van der Waals surface area contributed by atoms with Gasteiger partial charge in [0.25, 0.3) is 0 Å². The summed E-state index contributed by atoms with van der Waals surface area (Å²) in [6, 6.07) is 38.2. The van der Waals surface area contributed by atoms with Gasteiger partial charge < -0.3 is 15.2 Å². The molecule has 2 N–H and O–H groups in total. The van der Waals surface area contributed by atoms with E-state index in [9.17, 15) is 5.11 Å². The molecule has 35 heavy (non-hydrogen) atoms. The van der Waals surface area contributed by atoms with Gasteiger partial charge in [-0.2, -0.15) is 0 Å². The molecule has 0 aliphatic carbocycles. The van der Waals surface area contributed by atoms with Crippen LogP contribution in [0.2, 0.25) is 0 Å². The zero-order valence-electron chi connectivity index (χ0n) is 20.4. The standard InChI is InChI=1S/C32H35NO2/c1-2-3-23-33-31(32(34,28-15-9-5-10-16-28)29-17-11-6-12-18-29)24-26-19-21-30(22-20-26)35-25-27-13-7-4-8-14-27/h4-22,31,33-34H,2-3,23-25H2,1H3/t31-/m0/s1. The third-order valence-electron chi connectivity index (χ3n) is 6.46. The average molecular weight is 466 g/mol. The summed E-state index contributed by atoms with van der Waals surface area (Å²) in [4.78, 5) is 0. The molecule has 0 aromatic heterocycles. The van der Waals surface area contributed by atoms with Gasteiger partial charge in [-0.25, -0.2) is 0 Å². The molecule has 0 unspecified atom stereocenters. The fourth-order valence-corrected chi connectivity index (χ4v) is 4.47. The van der Waals surface area contributed by atoms with Crippen molar-refractivity contribution < 1.29 is 9.84 Å². The summed E-state index contributed by atoms with van der Waals surface area (Å²) >= 11 is 0. The van der Waals surface area contributed by atoms with Crippen molar-refractivity contribution in [2.24, 2.45) is 0 Å². The number of benzene rings is 4. The molecule has 0 bridgehead atoms. The lowest BCUT2D eigenvalue weighted by atomic mass is 9.77. The van der Waals surface area contributed by atoms with Crippen molar-refractivity contribution in [3.05, 3.63) is 138 Å². The van der Waals surface area contributed by atoms with E-state index >= 15 is 0 Å². The zero-order chi connectivity index (χ0) is 24.3. The van der Waals surface area contributed by atoms with Gasteiger partial charge in [-0.15, -0.1) is 0 Å². The molecule has 0 amide bonds. The van der Waals surface area contributed by atoms with Gasteiger partial charge in [-0.3, -0.25) is 0 Å². The minimum Gasteiger partial charge on any atom is -0.489 e. The van der Waals surface area contributed by atoms with Gasteiger partial charge in [0.1, 0.15) is 18.0 Å². The summed E-state index contributed by atoms with van der Waals surface area (Å²) < 4.78 is 5.97. The van der Waals surface area contributed by atoms with E-state index in [-0.39, 0.29) is 6.04 Å². The highest BCUT2D eigenvalue weighted by molar-refractivity contribution is 5.39. The summed E-state index contributed by atoms with van der Waals surface area (Å²) in [5.41, 5.74) is 2.91. The van der Waals surface area contributed by atoms with Crippen LogP contribution in [0.25, 0.3) is 0 Å². The summed E-state index contributed by atoms with van der Waals surface area (Å²) in [5.74, 6) is 0.842. The normalized spacial score (nSPS) is 12.3. The SMILES string of the molecule is CCCCN[C@@H](Cc1ccc(OCc2ccccc2)cc1)C(O)(c1ccccc1)c1ccccc1. The lowest BCUT2D eigenvalue weighted by molar-refractivity contribution is 0.0369. The van der Waals surface area contributed by atoms with Crippen molar-refractivity contribution in [3.8, 4) is 5.75 Å². The van der Waals surface area contributed by atoms with E-state index in [1.165, 1.54) is 0 Å². The van der Waals surface area contributed by atoms with Gasteiger partial charge >= 0.3 is 0 Å². The van der Waals surface area contributed by atoms with Crippen molar-refractivity contribution in [1.82, 2.24) is 5.32 Å². The maximum Gasteiger partial charge on any atom is 0.130 e. The van der Waals surface area contributed by atoms with Crippen LogP contribution in [0.3, 0.4) is 0 Å². The van der Waals surface area contributed by atoms with Crippen molar-refractivity contribution in [3.63, 3.8) is 0 Å². The van der Waals surface area contributed by atoms with E-state index in [2.05, 4.69) is 36.5 Å². The molecule has 0 fully saturated rings. The molecule has 0 spiro atoms. The third kappa shape index (κ3) is 6.39. The molecule has 1 atom stereocenters. The summed E-state index contributed by atoms with van der Waals surface area (Å²) in [5, 5.41) is 16.0. The average Bonchev–Trinajstić information content (AvgIpc) is 2.93. The lowest BCUT2D eigenvalue weighted by Crippen LogP contribution is -2.51. The van der Waals surface area contributed by atoms with Gasteiger partial charge in [-0.1, -0.05) is 116 Å². The fraction of sp³-hybridized carbons (Fsp3) is 0.250. The Hall–Kier alpha value is -3.40. The minimum atomic E-state index is -1.17. The monoisotopic (exact) mass is 465 g/mol. The molecule has 180 valence electrons. The topological polar surface area (TPSA) is 41.5 Å². The van der Waals surface area contributed by atoms with E-state index in [1.807, 2.05) is 91.0 Å². The molecule has 4 aromatic rings. The maximum absolute atomic E-state index is 12.4. The first-order valence-corrected chi connectivity index (χ1v) is 12.5. The molecule has 0 radical (unpaired) electrons. The zero-order valence-corrected chi connectivity index (χ0v) is 20.4. The van der Waals surface area contributed by atoms with Gasteiger partial charge in [0, 0.05) is 6.04 Å². The van der Waals surface area contributed by atoms with Crippen LogP contribution in [0, 0.1) is 0 Å². The smallest absolute Gasteiger partial charge is 0.130 e. The Morgan fingerprint density at radius 2 is 1.26 bits per heavy atom. The van der Waals surface area contributed by atoms with Crippen LogP contribution < -0.4 is 10.1 Å². The van der Waals surface area contributed by atoms with E-state index in [4.69, 9.17) is 4.74 Å². The summed E-state index contributed by atoms with van der Waals surface area (Å²) in [7, 11) is 0. The van der Waals surface area contributed by atoms with Crippen LogP contribution in [0.1, 0.15) is 42.0 Å². The third-order valence-corrected chi connectivity index (χ3v) is 6.46. The molecule has 3 nitrogen and oxygen atoms in total. The first-order chi connectivity index (χ1) is 17.2. The fourth-order valence-electron chi connectivity index (χ4n) is 4.47. The van der Waals surface area contributed by atoms with E-state index < -0.39 is 5.60 Å². The second kappa shape index (κ2) is 12.3.